The lowest BCUT2D eigenvalue weighted by Crippen LogP contribution is -2.54. The van der Waals surface area contributed by atoms with Gasteiger partial charge in [-0.05, 0) is 67.9 Å². The van der Waals surface area contributed by atoms with Crippen LogP contribution in [0.4, 0.5) is 30.2 Å². The number of hydrogen-bond donors (Lipinski definition) is 6. The number of sulfone groups is 1. The monoisotopic (exact) mass is 885 g/mol. The Morgan fingerprint density at radius 1 is 0.919 bits per heavy atom. The lowest BCUT2D eigenvalue weighted by atomic mass is 10.0. The molecule has 18 nitrogen and oxygen atoms in total. The van der Waals surface area contributed by atoms with E-state index in [1.807, 2.05) is 0 Å². The van der Waals surface area contributed by atoms with Crippen molar-refractivity contribution in [2.75, 3.05) is 67.8 Å². The standard InChI is InChI=1S/C40H42F3N7O11S/c1-39(57,38(56)48-26-6-5-24(22-44)29(21-26)40(41,42)43)23-62(58,59)27-9-7-25(8-10-27)45-14-15-47-32(51)13-17-60-19-20-61-18-16-46-30-4-2-3-28-34(30)37(55)50(36(28)54)31-11-12-33(52)49-35(31)53/h2-10,21,31,45-46,57H,11-20,23H2,1H3,(H,47,51)(H,48,56)(H,49,52,53). The van der Waals surface area contributed by atoms with E-state index in [1.54, 1.807) is 12.1 Å². The van der Waals surface area contributed by atoms with Gasteiger partial charge in [0.1, 0.15) is 6.04 Å². The summed E-state index contributed by atoms with van der Waals surface area (Å²) in [7, 11) is -4.27. The molecule has 0 aliphatic carbocycles. The number of nitrogens with zero attached hydrogens (tertiary/aromatic N) is 2. The molecule has 1 saturated heterocycles. The van der Waals surface area contributed by atoms with E-state index < -0.39 is 79.8 Å². The lowest BCUT2D eigenvalue weighted by molar-refractivity contribution is -0.138. The van der Waals surface area contributed by atoms with Crippen LogP contribution in [0.3, 0.4) is 0 Å². The van der Waals surface area contributed by atoms with Gasteiger partial charge in [0.25, 0.3) is 17.7 Å². The highest BCUT2D eigenvalue weighted by Crippen LogP contribution is 2.34. The molecule has 6 N–H and O–H groups in total. The van der Waals surface area contributed by atoms with Gasteiger partial charge in [-0.25, -0.2) is 8.42 Å². The highest BCUT2D eigenvalue weighted by atomic mass is 32.2. The number of benzene rings is 3. The molecule has 2 unspecified atom stereocenters. The first-order valence-corrected chi connectivity index (χ1v) is 20.7. The SMILES string of the molecule is CC(O)(CS(=O)(=O)c1ccc(NCCNC(=O)CCOCCOCCNc2cccc3c2C(=O)N(C2CCC(=O)NC2=O)C3=O)cc1)C(=O)Nc1ccc(C#N)c(C(F)(F)F)c1. The largest absolute Gasteiger partial charge is 0.417 e. The minimum absolute atomic E-state index is 0.0169. The summed E-state index contributed by atoms with van der Waals surface area (Å²) in [6, 6.07) is 12.8. The van der Waals surface area contributed by atoms with Crippen LogP contribution in [0.1, 0.15) is 58.0 Å². The molecule has 0 spiro atoms. The second kappa shape index (κ2) is 20.0. The second-order valence-electron chi connectivity index (χ2n) is 14.2. The van der Waals surface area contributed by atoms with Crippen LogP contribution >= 0.6 is 0 Å². The Bertz CT molecular complexity index is 2370. The van der Waals surface area contributed by atoms with Crippen LogP contribution in [-0.2, 0) is 44.7 Å². The molecule has 2 heterocycles. The normalized spacial score (nSPS) is 16.2. The molecule has 1 fully saturated rings. The third-order valence-electron chi connectivity index (χ3n) is 9.53. The molecular formula is C40H42F3N7O11S. The van der Waals surface area contributed by atoms with E-state index in [2.05, 4.69) is 26.6 Å². The number of imide groups is 2. The fourth-order valence-electron chi connectivity index (χ4n) is 6.42. The summed E-state index contributed by atoms with van der Waals surface area (Å²) in [6.07, 6.45) is -4.76. The first-order chi connectivity index (χ1) is 29.3. The Kier molecular flexibility index (Phi) is 15.0. The summed E-state index contributed by atoms with van der Waals surface area (Å²) in [5, 5.41) is 32.7. The van der Waals surface area contributed by atoms with E-state index in [0.717, 1.165) is 24.0 Å². The molecule has 2 aliphatic rings. The number of nitrogens with one attached hydrogen (secondary N) is 5. The smallest absolute Gasteiger partial charge is 0.383 e. The lowest BCUT2D eigenvalue weighted by Gasteiger charge is -2.27. The second-order valence-corrected chi connectivity index (χ2v) is 16.2. The fraction of sp³-hybridized carbons (Fsp3) is 0.375. The average molecular weight is 886 g/mol. The maximum absolute atomic E-state index is 13.3. The zero-order chi connectivity index (χ0) is 45.2. The van der Waals surface area contributed by atoms with Crippen molar-refractivity contribution in [3.05, 3.63) is 82.9 Å². The van der Waals surface area contributed by atoms with Gasteiger partial charge in [-0.3, -0.25) is 39.0 Å². The Balaban J connectivity index is 0.938. The van der Waals surface area contributed by atoms with E-state index in [9.17, 15) is 55.5 Å². The van der Waals surface area contributed by atoms with E-state index >= 15 is 0 Å². The van der Waals surface area contributed by atoms with Gasteiger partial charge in [-0.1, -0.05) is 6.07 Å². The number of ether oxygens (including phenoxy) is 2. The van der Waals surface area contributed by atoms with E-state index in [1.165, 1.54) is 36.4 Å². The number of piperidine rings is 1. The third-order valence-corrected chi connectivity index (χ3v) is 11.5. The van der Waals surface area contributed by atoms with Crippen LogP contribution in [0.25, 0.3) is 0 Å². The van der Waals surface area contributed by atoms with Gasteiger partial charge in [-0.15, -0.1) is 0 Å². The first-order valence-electron chi connectivity index (χ1n) is 19.0. The van der Waals surface area contributed by atoms with Gasteiger partial charge in [0.15, 0.2) is 15.4 Å². The Morgan fingerprint density at radius 3 is 2.29 bits per heavy atom. The van der Waals surface area contributed by atoms with Crippen LogP contribution in [-0.4, -0.2) is 117 Å². The Morgan fingerprint density at radius 2 is 1.61 bits per heavy atom. The van der Waals surface area contributed by atoms with Crippen LogP contribution in [0, 0.1) is 11.3 Å². The van der Waals surface area contributed by atoms with E-state index in [0.29, 0.717) is 17.4 Å². The van der Waals surface area contributed by atoms with Crippen molar-refractivity contribution < 1.29 is 64.9 Å². The van der Waals surface area contributed by atoms with Crippen LogP contribution in [0.15, 0.2) is 65.6 Å². The van der Waals surface area contributed by atoms with E-state index in [-0.39, 0.29) is 87.3 Å². The Labute approximate surface area is 353 Å². The number of rotatable bonds is 20. The maximum Gasteiger partial charge on any atom is 0.417 e. The number of aliphatic hydroxyl groups is 1. The highest BCUT2D eigenvalue weighted by molar-refractivity contribution is 7.91. The van der Waals surface area contributed by atoms with Gasteiger partial charge in [0.2, 0.25) is 17.7 Å². The molecule has 62 heavy (non-hydrogen) atoms. The molecule has 3 aromatic rings. The Hall–Kier alpha value is -6.41. The van der Waals surface area contributed by atoms with Crippen molar-refractivity contribution in [3.63, 3.8) is 0 Å². The number of hydrogen-bond acceptors (Lipinski definition) is 14. The molecular weight excluding hydrogens is 844 g/mol. The summed E-state index contributed by atoms with van der Waals surface area (Å²) >= 11 is 0. The zero-order valence-electron chi connectivity index (χ0n) is 33.1. The van der Waals surface area contributed by atoms with Crippen LogP contribution in [0.5, 0.6) is 0 Å². The molecule has 5 rings (SSSR count). The van der Waals surface area contributed by atoms with Gasteiger partial charge >= 0.3 is 6.18 Å². The summed E-state index contributed by atoms with van der Waals surface area (Å²) < 4.78 is 77.0. The summed E-state index contributed by atoms with van der Waals surface area (Å²) in [5.41, 5.74) is -3.75. The van der Waals surface area contributed by atoms with Gasteiger partial charge < -0.3 is 35.8 Å². The number of halogens is 3. The zero-order valence-corrected chi connectivity index (χ0v) is 33.9. The minimum Gasteiger partial charge on any atom is -0.383 e. The number of carbonyl (C=O) groups excluding carboxylic acids is 6. The molecule has 0 radical (unpaired) electrons. The van der Waals surface area contributed by atoms with Crippen molar-refractivity contribution in [2.24, 2.45) is 0 Å². The van der Waals surface area contributed by atoms with Crippen LogP contribution in [0.2, 0.25) is 0 Å². The van der Waals surface area contributed by atoms with Crippen molar-refractivity contribution in [1.29, 1.82) is 5.26 Å². The van der Waals surface area contributed by atoms with Crippen molar-refractivity contribution in [2.45, 2.75) is 48.9 Å². The number of carbonyl (C=O) groups is 6. The molecule has 0 aromatic heterocycles. The minimum atomic E-state index is -4.90. The molecule has 22 heteroatoms. The number of nitriles is 1. The molecule has 2 aliphatic heterocycles. The maximum atomic E-state index is 13.3. The number of fused-ring (bicyclic) bond motifs is 1. The summed E-state index contributed by atoms with van der Waals surface area (Å²) in [6.45, 7) is 2.43. The van der Waals surface area contributed by atoms with Gasteiger partial charge in [-0.2, -0.15) is 18.4 Å². The topological polar surface area (TPSA) is 262 Å². The average Bonchev–Trinajstić information content (AvgIpc) is 3.47. The molecule has 330 valence electrons. The van der Waals surface area contributed by atoms with Gasteiger partial charge in [0.05, 0.1) is 65.4 Å². The van der Waals surface area contributed by atoms with Crippen molar-refractivity contribution >= 4 is 62.3 Å². The molecule has 3 aromatic carbocycles. The quantitative estimate of drug-likeness (QED) is 0.0703. The number of anilines is 3. The fourth-order valence-corrected chi connectivity index (χ4v) is 8.01. The molecule has 6 amide bonds. The summed E-state index contributed by atoms with van der Waals surface area (Å²) in [4.78, 5) is 75.6. The highest BCUT2D eigenvalue weighted by Gasteiger charge is 2.45. The first kappa shape index (κ1) is 46.7. The predicted octanol–water partition coefficient (Wildman–Crippen LogP) is 2.21. The van der Waals surface area contributed by atoms with Gasteiger partial charge in [0, 0.05) is 49.5 Å². The molecule has 0 bridgehead atoms. The summed E-state index contributed by atoms with van der Waals surface area (Å²) in [5.74, 6) is -5.04. The number of amides is 6. The van der Waals surface area contributed by atoms with Crippen molar-refractivity contribution in [1.82, 2.24) is 15.5 Å². The number of alkyl halides is 3. The molecule has 2 atom stereocenters. The van der Waals surface area contributed by atoms with E-state index in [4.69, 9.17) is 14.7 Å². The van der Waals surface area contributed by atoms with Crippen LogP contribution < -0.4 is 26.6 Å². The predicted molar refractivity (Wildman–Crippen MR) is 213 cm³/mol. The van der Waals surface area contributed by atoms with Crippen molar-refractivity contribution in [3.8, 4) is 6.07 Å². The molecule has 0 saturated carbocycles. The third kappa shape index (κ3) is 11.7.